The molecule has 4 rings (SSSR count). The molecule has 154 valence electrons. The van der Waals surface area contributed by atoms with Gasteiger partial charge in [-0.15, -0.1) is 0 Å². The highest BCUT2D eigenvalue weighted by Gasteiger charge is 2.42. The van der Waals surface area contributed by atoms with Crippen molar-refractivity contribution in [2.24, 2.45) is 0 Å². The van der Waals surface area contributed by atoms with Crippen LogP contribution in [-0.4, -0.2) is 12.4 Å². The van der Waals surface area contributed by atoms with E-state index < -0.39 is 7.26 Å². The normalized spacial score (nSPS) is 11.3. The third kappa shape index (κ3) is 4.68. The molecular formula is C29H28OP+. The van der Waals surface area contributed by atoms with Crippen molar-refractivity contribution in [3.05, 3.63) is 126 Å². The summed E-state index contributed by atoms with van der Waals surface area (Å²) in [4.78, 5) is 13.4. The summed E-state index contributed by atoms with van der Waals surface area (Å²) < 4.78 is 0. The van der Waals surface area contributed by atoms with Gasteiger partial charge in [-0.25, -0.2) is 0 Å². The van der Waals surface area contributed by atoms with Crippen LogP contribution in [-0.2, 0) is 6.42 Å². The first kappa shape index (κ1) is 21.2. The quantitative estimate of drug-likeness (QED) is 0.258. The molecule has 0 radical (unpaired) electrons. The number of hydrogen-bond donors (Lipinski definition) is 0. The third-order valence-corrected chi connectivity index (χ3v) is 9.96. The van der Waals surface area contributed by atoms with Crippen molar-refractivity contribution in [1.29, 1.82) is 0 Å². The second-order valence-corrected chi connectivity index (χ2v) is 11.5. The van der Waals surface area contributed by atoms with Crippen LogP contribution in [0.15, 0.2) is 115 Å². The number of aryl methyl sites for hydroxylation is 1. The van der Waals surface area contributed by atoms with Crippen LogP contribution < -0.4 is 15.9 Å². The number of hydrogen-bond acceptors (Lipinski definition) is 1. The molecule has 0 fully saturated rings. The van der Waals surface area contributed by atoms with Crippen molar-refractivity contribution in [3.8, 4) is 0 Å². The van der Waals surface area contributed by atoms with Gasteiger partial charge in [-0.2, -0.15) is 0 Å². The maximum Gasteiger partial charge on any atom is 0.166 e. The van der Waals surface area contributed by atoms with Gasteiger partial charge in [0.05, 0.1) is 12.2 Å². The minimum atomic E-state index is -1.93. The number of carbonyl (C=O) groups is 1. The number of ketones is 1. The van der Waals surface area contributed by atoms with Crippen LogP contribution in [0.5, 0.6) is 0 Å². The van der Waals surface area contributed by atoms with E-state index >= 15 is 0 Å². The molecule has 0 bridgehead atoms. The third-order valence-electron chi connectivity index (χ3n) is 5.94. The molecule has 1 nitrogen and oxygen atoms in total. The largest absolute Gasteiger partial charge is 0.294 e. The lowest BCUT2D eigenvalue weighted by molar-refractivity contribution is 0.0981. The SMILES string of the molecule is C[P+](c1ccccc1)(c1ccccc1)c1ccccc1C(=O)CCCc1ccccc1. The number of carbonyl (C=O) groups excluding carboxylic acids is 1. The van der Waals surface area contributed by atoms with Crippen LogP contribution in [0, 0.1) is 0 Å². The molecule has 0 aliphatic rings. The van der Waals surface area contributed by atoms with E-state index in [9.17, 15) is 4.79 Å². The molecular weight excluding hydrogens is 395 g/mol. The van der Waals surface area contributed by atoms with Crippen LogP contribution in [0.25, 0.3) is 0 Å². The van der Waals surface area contributed by atoms with Crippen molar-refractivity contribution >= 4 is 29.0 Å². The highest BCUT2D eigenvalue weighted by molar-refractivity contribution is 7.95. The standard InChI is InChI=1S/C29H28OP/c1-31(25-17-7-3-8-18-25,26-19-9-4-10-20-26)29-23-12-11-21-27(29)28(30)22-13-16-24-14-5-2-6-15-24/h2-12,14-15,17-21,23H,13,16,22H2,1H3/q+1. The van der Waals surface area contributed by atoms with E-state index in [1.807, 2.05) is 18.2 Å². The minimum Gasteiger partial charge on any atom is -0.294 e. The molecule has 0 aliphatic heterocycles. The summed E-state index contributed by atoms with van der Waals surface area (Å²) in [7, 11) is -1.93. The Morgan fingerprint density at radius 1 is 0.645 bits per heavy atom. The highest BCUT2D eigenvalue weighted by atomic mass is 31.2. The number of rotatable bonds is 8. The minimum absolute atomic E-state index is 0.240. The Morgan fingerprint density at radius 3 is 1.71 bits per heavy atom. The fraction of sp³-hybridized carbons (Fsp3) is 0.138. The summed E-state index contributed by atoms with van der Waals surface area (Å²) >= 11 is 0. The van der Waals surface area contributed by atoms with Crippen LogP contribution in [0.2, 0.25) is 0 Å². The van der Waals surface area contributed by atoms with E-state index in [-0.39, 0.29) is 5.78 Å². The van der Waals surface area contributed by atoms with Gasteiger partial charge >= 0.3 is 0 Å². The smallest absolute Gasteiger partial charge is 0.166 e. The molecule has 0 N–H and O–H groups in total. The number of benzene rings is 4. The molecule has 4 aromatic carbocycles. The first-order valence-corrected chi connectivity index (χ1v) is 13.1. The summed E-state index contributed by atoms with van der Waals surface area (Å²) in [6.07, 6.45) is 2.36. The van der Waals surface area contributed by atoms with Crippen LogP contribution in [0.4, 0.5) is 0 Å². The highest BCUT2D eigenvalue weighted by Crippen LogP contribution is 2.52. The lowest BCUT2D eigenvalue weighted by Gasteiger charge is -2.25. The first-order chi connectivity index (χ1) is 15.2. The maximum atomic E-state index is 13.4. The Labute approximate surface area is 186 Å². The van der Waals surface area contributed by atoms with Gasteiger partial charge in [-0.05, 0) is 54.8 Å². The van der Waals surface area contributed by atoms with Gasteiger partial charge in [0.1, 0.15) is 23.2 Å². The average Bonchev–Trinajstić information content (AvgIpc) is 2.85. The zero-order valence-electron chi connectivity index (χ0n) is 17.9. The molecule has 0 aliphatic carbocycles. The second kappa shape index (κ2) is 9.86. The Kier molecular flexibility index (Phi) is 6.75. The van der Waals surface area contributed by atoms with Crippen molar-refractivity contribution in [2.75, 3.05) is 6.66 Å². The zero-order valence-corrected chi connectivity index (χ0v) is 18.8. The molecule has 0 amide bonds. The maximum absolute atomic E-state index is 13.4. The van der Waals surface area contributed by atoms with Crippen LogP contribution in [0.3, 0.4) is 0 Å². The molecule has 0 saturated carbocycles. The Morgan fingerprint density at radius 2 is 1.13 bits per heavy atom. The molecule has 0 aromatic heterocycles. The van der Waals surface area contributed by atoms with Crippen molar-refractivity contribution in [3.63, 3.8) is 0 Å². The van der Waals surface area contributed by atoms with E-state index in [2.05, 4.69) is 104 Å². The van der Waals surface area contributed by atoms with Crippen molar-refractivity contribution in [1.82, 2.24) is 0 Å². The molecule has 31 heavy (non-hydrogen) atoms. The fourth-order valence-corrected chi connectivity index (χ4v) is 7.67. The van der Waals surface area contributed by atoms with E-state index in [1.54, 1.807) is 0 Å². The van der Waals surface area contributed by atoms with E-state index in [0.29, 0.717) is 6.42 Å². The topological polar surface area (TPSA) is 17.1 Å². The molecule has 0 saturated heterocycles. The molecule has 0 heterocycles. The summed E-state index contributed by atoms with van der Waals surface area (Å²) in [5.41, 5.74) is 2.16. The number of Topliss-reactive ketones (excluding diaryl/α,β-unsaturated/α-hetero) is 1. The first-order valence-electron chi connectivity index (χ1n) is 10.8. The van der Waals surface area contributed by atoms with Crippen LogP contribution >= 0.6 is 7.26 Å². The lowest BCUT2D eigenvalue weighted by Crippen LogP contribution is -2.33. The molecule has 4 aromatic rings. The lowest BCUT2D eigenvalue weighted by atomic mass is 10.0. The van der Waals surface area contributed by atoms with Crippen molar-refractivity contribution in [2.45, 2.75) is 19.3 Å². The monoisotopic (exact) mass is 423 g/mol. The summed E-state index contributed by atoms with van der Waals surface area (Å²) in [6.45, 7) is 2.34. The fourth-order valence-electron chi connectivity index (χ4n) is 4.21. The van der Waals surface area contributed by atoms with E-state index in [1.165, 1.54) is 21.5 Å². The summed E-state index contributed by atoms with van der Waals surface area (Å²) in [6, 6.07) is 40.0. The van der Waals surface area contributed by atoms with Gasteiger partial charge in [-0.1, -0.05) is 78.9 Å². The molecule has 2 heteroatoms. The van der Waals surface area contributed by atoms with Crippen LogP contribution in [0.1, 0.15) is 28.8 Å². The van der Waals surface area contributed by atoms with Gasteiger partial charge in [-0.3, -0.25) is 4.79 Å². The van der Waals surface area contributed by atoms with Gasteiger partial charge in [0.25, 0.3) is 0 Å². The van der Waals surface area contributed by atoms with Gasteiger partial charge in [0.15, 0.2) is 5.78 Å². The summed E-state index contributed by atoms with van der Waals surface area (Å²) in [5, 5.41) is 3.77. The second-order valence-electron chi connectivity index (χ2n) is 7.96. The zero-order chi connectivity index (χ0) is 21.5. The van der Waals surface area contributed by atoms with E-state index in [4.69, 9.17) is 0 Å². The Bertz CT molecular complexity index is 1080. The Balaban J connectivity index is 1.68. The molecule has 0 atom stereocenters. The van der Waals surface area contributed by atoms with E-state index in [0.717, 1.165) is 18.4 Å². The van der Waals surface area contributed by atoms with Gasteiger partial charge in [0.2, 0.25) is 0 Å². The molecule has 0 spiro atoms. The average molecular weight is 424 g/mol. The van der Waals surface area contributed by atoms with Crippen molar-refractivity contribution < 1.29 is 4.79 Å². The van der Waals surface area contributed by atoms with Gasteiger partial charge in [0, 0.05) is 6.42 Å². The molecule has 0 unspecified atom stereocenters. The summed E-state index contributed by atoms with van der Waals surface area (Å²) in [5.74, 6) is 0.240. The predicted octanol–water partition coefficient (Wildman–Crippen LogP) is 5.82. The van der Waals surface area contributed by atoms with Gasteiger partial charge < -0.3 is 0 Å². The Hall–Kier alpha value is -3.02. The predicted molar refractivity (Wildman–Crippen MR) is 135 cm³/mol.